The van der Waals surface area contributed by atoms with Crippen molar-refractivity contribution in [2.75, 3.05) is 0 Å². The molecule has 0 saturated carbocycles. The molecule has 0 aliphatic heterocycles. The first-order chi connectivity index (χ1) is 1.73. The lowest BCUT2D eigenvalue weighted by Crippen LogP contribution is -2.12. The van der Waals surface area contributed by atoms with Gasteiger partial charge in [0.1, 0.15) is 0 Å². The van der Waals surface area contributed by atoms with Gasteiger partial charge in [-0.1, -0.05) is 6.92 Å². The quantitative estimate of drug-likeness (QED) is 0.370. The summed E-state index contributed by atoms with van der Waals surface area (Å²) in [4.78, 5) is 0. The molecule has 22 valence electrons. The highest BCUT2D eigenvalue weighted by Crippen LogP contribution is 1.48. The summed E-state index contributed by atoms with van der Waals surface area (Å²) in [6.45, 7) is 1.72. The molecule has 1 atom stereocenters. The molecule has 0 aromatic rings. The molecule has 1 unspecified atom stereocenters. The van der Waals surface area contributed by atoms with Crippen molar-refractivity contribution in [3.8, 4) is 0 Å². The maximum atomic E-state index is 4.89. The van der Waals surface area contributed by atoms with E-state index < -0.39 is 0 Å². The van der Waals surface area contributed by atoms with E-state index in [0.717, 1.165) is 0 Å². The van der Waals surface area contributed by atoms with Crippen molar-refractivity contribution < 1.29 is 0 Å². The van der Waals surface area contributed by atoms with Gasteiger partial charge >= 0.3 is 0 Å². The van der Waals surface area contributed by atoms with Crippen LogP contribution in [0, 0.1) is 0 Å². The summed E-state index contributed by atoms with van der Waals surface area (Å²) in [6.07, 6.45) is 0. The van der Waals surface area contributed by atoms with Gasteiger partial charge in [0.15, 0.2) is 0 Å². The summed E-state index contributed by atoms with van der Waals surface area (Å²) in [6, 6.07) is 0. The third-order valence-corrected chi connectivity index (χ3v) is 0. The minimum Gasteiger partial charge on any atom is -0.336 e. The van der Waals surface area contributed by atoms with Crippen molar-refractivity contribution in [2.24, 2.45) is 5.73 Å². The summed E-state index contributed by atoms with van der Waals surface area (Å²) < 4.78 is 0. The van der Waals surface area contributed by atoms with E-state index in [-0.39, 0.29) is 5.94 Å². The van der Waals surface area contributed by atoms with Crippen LogP contribution in [0.15, 0.2) is 0 Å². The van der Waals surface area contributed by atoms with Crippen LogP contribution < -0.4 is 5.73 Å². The van der Waals surface area contributed by atoms with Gasteiger partial charge in [-0.3, -0.25) is 0 Å². The molecule has 0 rings (SSSR count). The van der Waals surface area contributed by atoms with Gasteiger partial charge in [-0.15, -0.1) is 0 Å². The molecule has 2 heteroatoms. The fraction of sp³-hybridized carbons (Fsp3) is 1.00. The van der Waals surface area contributed by atoms with Crippen molar-refractivity contribution in [3.05, 3.63) is 0 Å². The van der Waals surface area contributed by atoms with E-state index in [0.29, 0.717) is 0 Å². The number of hydrogen-bond acceptors (Lipinski definition) is 1. The molecule has 0 bridgehead atoms. The Morgan fingerprint density at radius 1 is 2.00 bits per heavy atom. The average molecular weight is 54.9 g/mol. The molecule has 2 N–H and O–H groups in total. The molecular weight excluding hydrogens is 48.8 g/mol. The zero-order valence-corrected chi connectivity index (χ0v) is 2.73. The van der Waals surface area contributed by atoms with E-state index in [1.165, 1.54) is 0 Å². The van der Waals surface area contributed by atoms with E-state index in [1.54, 1.807) is 6.92 Å². The van der Waals surface area contributed by atoms with Gasteiger partial charge < -0.3 is 5.73 Å². The van der Waals surface area contributed by atoms with Crippen LogP contribution in [0.2, 0.25) is 0 Å². The SMILES string of the molecule is [B]C(C)N. The Labute approximate surface area is 27.6 Å². The molecule has 0 saturated heterocycles. The lowest BCUT2D eigenvalue weighted by atomic mass is 10.0. The molecule has 1 nitrogen and oxygen atoms in total. The van der Waals surface area contributed by atoms with Gasteiger partial charge in [-0.05, 0) is 5.94 Å². The highest BCUT2D eigenvalue weighted by molar-refractivity contribution is 6.11. The second-order valence-corrected chi connectivity index (χ2v) is 0.859. The highest BCUT2D eigenvalue weighted by Gasteiger charge is 1.67. The minimum atomic E-state index is -0.167. The molecule has 2 radical (unpaired) electrons. The number of rotatable bonds is 0. The van der Waals surface area contributed by atoms with Crippen molar-refractivity contribution in [1.82, 2.24) is 0 Å². The zero-order valence-electron chi connectivity index (χ0n) is 2.73. The largest absolute Gasteiger partial charge is 0.336 e. The topological polar surface area (TPSA) is 26.0 Å². The smallest absolute Gasteiger partial charge is 0.0899 e. The molecule has 0 aliphatic carbocycles. The van der Waals surface area contributed by atoms with Crippen LogP contribution in [0.3, 0.4) is 0 Å². The first-order valence-corrected chi connectivity index (χ1v) is 1.24. The van der Waals surface area contributed by atoms with Crippen LogP contribution in [0.5, 0.6) is 0 Å². The molecule has 0 heterocycles. The predicted octanol–water partition coefficient (Wildman–Crippen LogP) is -0.540. The lowest BCUT2D eigenvalue weighted by Gasteiger charge is -1.81. The van der Waals surface area contributed by atoms with Gasteiger partial charge in [-0.25, -0.2) is 0 Å². The van der Waals surface area contributed by atoms with Crippen molar-refractivity contribution in [1.29, 1.82) is 0 Å². The maximum absolute atomic E-state index is 4.89. The van der Waals surface area contributed by atoms with Crippen molar-refractivity contribution in [2.45, 2.75) is 12.9 Å². The fourth-order valence-electron chi connectivity index (χ4n) is 0. The first-order valence-electron chi connectivity index (χ1n) is 1.24. The Kier molecular flexibility index (Phi) is 1.36. The Morgan fingerprint density at radius 2 is 2.00 bits per heavy atom. The fourth-order valence-corrected chi connectivity index (χ4v) is 0. The molecule has 0 fully saturated rings. The lowest BCUT2D eigenvalue weighted by molar-refractivity contribution is 1.03. The second-order valence-electron chi connectivity index (χ2n) is 0.859. The van der Waals surface area contributed by atoms with Crippen LogP contribution in [0.25, 0.3) is 0 Å². The Bertz CT molecular complexity index is 10.8. The molecule has 0 aromatic heterocycles. The second kappa shape index (κ2) is 1.36. The van der Waals surface area contributed by atoms with Crippen LogP contribution in [-0.4, -0.2) is 13.8 Å². The number of nitrogens with two attached hydrogens (primary N) is 1. The highest BCUT2D eigenvalue weighted by atomic mass is 14.5. The van der Waals surface area contributed by atoms with E-state index in [9.17, 15) is 0 Å². The number of hydrogen-bond donors (Lipinski definition) is 1. The van der Waals surface area contributed by atoms with Gasteiger partial charge in [0.25, 0.3) is 0 Å². The predicted molar refractivity (Wildman–Crippen MR) is 19.4 cm³/mol. The molecule has 0 aromatic carbocycles. The summed E-state index contributed by atoms with van der Waals surface area (Å²) in [7, 11) is 4.89. The van der Waals surface area contributed by atoms with Gasteiger partial charge in [0.05, 0.1) is 7.85 Å². The molecule has 0 aliphatic rings. The maximum Gasteiger partial charge on any atom is 0.0899 e. The standard InChI is InChI=1S/C2H6BN/c1-2(3)4/h2H,4H2,1H3. The third-order valence-electron chi connectivity index (χ3n) is 0. The third kappa shape index (κ3) is 3420. The monoisotopic (exact) mass is 55.1 g/mol. The minimum absolute atomic E-state index is 0.167. The first kappa shape index (κ1) is 4.02. The average Bonchev–Trinajstić information content (AvgIpc) is 0.811. The molecular formula is C2H6BN. The summed E-state index contributed by atoms with van der Waals surface area (Å²) in [5, 5.41) is 0. The Morgan fingerprint density at radius 3 is 2.00 bits per heavy atom. The normalized spacial score (nSPS) is 15.5. The van der Waals surface area contributed by atoms with Crippen LogP contribution >= 0.6 is 0 Å². The molecule has 0 spiro atoms. The summed E-state index contributed by atoms with van der Waals surface area (Å²) >= 11 is 0. The van der Waals surface area contributed by atoms with Crippen LogP contribution in [-0.2, 0) is 0 Å². The van der Waals surface area contributed by atoms with Crippen LogP contribution in [0.1, 0.15) is 6.92 Å². The Hall–Kier alpha value is 0.0249. The molecule has 0 amide bonds. The van der Waals surface area contributed by atoms with Gasteiger partial charge in [-0.2, -0.15) is 0 Å². The summed E-state index contributed by atoms with van der Waals surface area (Å²) in [5.41, 5.74) is 4.89. The summed E-state index contributed by atoms with van der Waals surface area (Å²) in [5.74, 6) is -0.167. The zero-order chi connectivity index (χ0) is 3.58. The van der Waals surface area contributed by atoms with E-state index in [1.807, 2.05) is 0 Å². The Balaban J connectivity index is 2.32. The van der Waals surface area contributed by atoms with Gasteiger partial charge in [0, 0.05) is 0 Å². The van der Waals surface area contributed by atoms with Crippen molar-refractivity contribution in [3.63, 3.8) is 0 Å². The van der Waals surface area contributed by atoms with E-state index in [4.69, 9.17) is 13.6 Å². The van der Waals surface area contributed by atoms with E-state index >= 15 is 0 Å². The van der Waals surface area contributed by atoms with Crippen molar-refractivity contribution >= 4 is 7.85 Å². The van der Waals surface area contributed by atoms with E-state index in [2.05, 4.69) is 0 Å². The molecule has 4 heavy (non-hydrogen) atoms. The van der Waals surface area contributed by atoms with Crippen LogP contribution in [0.4, 0.5) is 0 Å². The van der Waals surface area contributed by atoms with Gasteiger partial charge in [0.2, 0.25) is 0 Å².